The number of fused-ring (bicyclic) bond motifs is 4. The molecule has 5 heteroatoms. The lowest BCUT2D eigenvalue weighted by Crippen LogP contribution is -2.75. The number of anilines is 6. The van der Waals surface area contributed by atoms with Crippen molar-refractivity contribution >= 4 is 115 Å². The zero-order chi connectivity index (χ0) is 63.1. The minimum absolute atomic E-state index is 0.173. The van der Waals surface area contributed by atoms with Gasteiger partial charge in [0.05, 0.1) is 0 Å². The minimum Gasteiger partial charge on any atom is -0.311 e. The summed E-state index contributed by atoms with van der Waals surface area (Å²) in [5.74, 6) is 0. The Balaban J connectivity index is 0.994. The first-order valence-corrected chi connectivity index (χ1v) is 37.0. The first kappa shape index (κ1) is 57.3. The molecule has 0 bridgehead atoms. The lowest BCUT2D eigenvalue weighted by Gasteiger charge is -2.46. The van der Waals surface area contributed by atoms with Crippen molar-refractivity contribution in [2.24, 2.45) is 0 Å². The summed E-state index contributed by atoms with van der Waals surface area (Å²) in [6, 6.07) is 149. The Bertz CT molecular complexity index is 4730. The van der Waals surface area contributed by atoms with E-state index in [2.05, 4.69) is 404 Å². The molecule has 0 saturated carbocycles. The molecule has 2 aliphatic rings. The smallest absolute Gasteiger partial charge is 0.252 e. The Kier molecular flexibility index (Phi) is 14.8. The molecule has 0 N–H and O–H groups in total. The predicted octanol–water partition coefficient (Wildman–Crippen LogP) is 15.2. The molecular weight excluding hydrogens is 1180 g/mol. The van der Waals surface area contributed by atoms with Crippen LogP contribution in [0.1, 0.15) is 0 Å². The van der Waals surface area contributed by atoms with E-state index in [-0.39, 0.29) is 6.71 Å². The second-order valence-electron chi connectivity index (χ2n) is 24.9. The van der Waals surface area contributed by atoms with Gasteiger partial charge in [-0.3, -0.25) is 0 Å². The number of benzene rings is 15. The fourth-order valence-electron chi connectivity index (χ4n) is 16.0. The van der Waals surface area contributed by atoms with E-state index in [0.717, 1.165) is 45.3 Å². The standard InChI is InChI=1S/C90H65BN2Si2/c1-9-34-66(35-10-1)76-50-25-27-52-78(76)68-60-62-80-86(64-68)92(82-54-29-31-58-88(82)94(70-38-13-3-14-39-70,71-40-15-4-16-41-71)72-42-17-5-18-43-72)84-56-33-57-85-90(84)91(80)81-63-61-69(79-53-28-26-51-77(79)67-36-11-2-12-37-67)65-87(81)93(85)83-55-30-32-59-89(83)95(73-44-19-6-20-45-73,74-46-21-7-22-47-74)75-48-23-8-24-49-75/h1-65H. The third kappa shape index (κ3) is 9.53. The monoisotopic (exact) mass is 1240 g/mol. The fourth-order valence-corrected chi connectivity index (χ4v) is 25.9. The van der Waals surface area contributed by atoms with E-state index in [1.165, 1.54) is 91.3 Å². The summed E-state index contributed by atoms with van der Waals surface area (Å²) in [5.41, 5.74) is 20.2. The molecule has 95 heavy (non-hydrogen) atoms. The second kappa shape index (κ2) is 24.5. The highest BCUT2D eigenvalue weighted by molar-refractivity contribution is 7.21. The number of nitrogens with zero attached hydrogens (tertiary/aromatic N) is 2. The molecule has 0 aromatic heterocycles. The van der Waals surface area contributed by atoms with Crippen molar-refractivity contribution in [3.63, 3.8) is 0 Å². The van der Waals surface area contributed by atoms with E-state index in [1.54, 1.807) is 0 Å². The summed E-state index contributed by atoms with van der Waals surface area (Å²) < 4.78 is 0. The van der Waals surface area contributed by atoms with E-state index in [4.69, 9.17) is 0 Å². The molecule has 446 valence electrons. The maximum atomic E-state index is 2.68. The van der Waals surface area contributed by atoms with Crippen LogP contribution in [0.15, 0.2) is 394 Å². The van der Waals surface area contributed by atoms with Gasteiger partial charge in [0.25, 0.3) is 6.71 Å². The quantitative estimate of drug-likeness (QED) is 0.0791. The van der Waals surface area contributed by atoms with Gasteiger partial charge in [0.2, 0.25) is 0 Å². The summed E-state index contributed by atoms with van der Waals surface area (Å²) in [6.45, 7) is -0.173. The van der Waals surface area contributed by atoms with Crippen molar-refractivity contribution in [3.8, 4) is 44.5 Å². The number of para-hydroxylation sites is 2. The van der Waals surface area contributed by atoms with E-state index < -0.39 is 16.1 Å². The van der Waals surface area contributed by atoms with E-state index >= 15 is 0 Å². The summed E-state index contributed by atoms with van der Waals surface area (Å²) in [6.07, 6.45) is 0. The Hall–Kier alpha value is -11.6. The normalized spacial score (nSPS) is 12.4. The maximum Gasteiger partial charge on any atom is 0.252 e. The van der Waals surface area contributed by atoms with Gasteiger partial charge >= 0.3 is 0 Å². The van der Waals surface area contributed by atoms with Gasteiger partial charge in [-0.2, -0.15) is 0 Å². The topological polar surface area (TPSA) is 6.48 Å². The van der Waals surface area contributed by atoms with Gasteiger partial charge in [-0.1, -0.05) is 358 Å². The van der Waals surface area contributed by atoms with Crippen LogP contribution in [0.4, 0.5) is 34.1 Å². The second-order valence-corrected chi connectivity index (χ2v) is 32.5. The fraction of sp³-hybridized carbons (Fsp3) is 0. The van der Waals surface area contributed by atoms with Crippen molar-refractivity contribution < 1.29 is 0 Å². The van der Waals surface area contributed by atoms with Crippen LogP contribution >= 0.6 is 0 Å². The van der Waals surface area contributed by atoms with Gasteiger partial charge in [-0.25, -0.2) is 0 Å². The Morgan fingerprint density at radius 1 is 0.189 bits per heavy atom. The average Bonchev–Trinajstić information content (AvgIpc) is 0.696. The van der Waals surface area contributed by atoms with Crippen molar-refractivity contribution in [2.75, 3.05) is 9.80 Å². The van der Waals surface area contributed by atoms with Crippen molar-refractivity contribution in [1.29, 1.82) is 0 Å². The molecule has 2 nitrogen and oxygen atoms in total. The SMILES string of the molecule is c1ccc(-c2ccccc2-c2ccc3c(c2)N(c2ccccc2[Si](c2ccccc2)(c2ccccc2)c2ccccc2)c2cccc4c2B3c2ccc(-c3ccccc3-c3ccccc3)cc2N4c2ccccc2[Si](c2ccccc2)(c2ccccc2)c2ccccc2)cc1. The Labute approximate surface area is 559 Å². The molecule has 2 aliphatic heterocycles. The van der Waals surface area contributed by atoms with Gasteiger partial charge in [-0.05, 0) is 139 Å². The molecule has 0 amide bonds. The van der Waals surface area contributed by atoms with Gasteiger partial charge in [0.1, 0.15) is 0 Å². The Morgan fingerprint density at radius 2 is 0.442 bits per heavy atom. The van der Waals surface area contributed by atoms with Crippen LogP contribution in [0.25, 0.3) is 44.5 Å². The molecule has 15 aromatic carbocycles. The lowest BCUT2D eigenvalue weighted by molar-refractivity contribution is 1.26. The lowest BCUT2D eigenvalue weighted by atomic mass is 9.33. The number of rotatable bonds is 14. The molecule has 0 aliphatic carbocycles. The van der Waals surface area contributed by atoms with Crippen molar-refractivity contribution in [2.45, 2.75) is 0 Å². The Morgan fingerprint density at radius 3 is 0.758 bits per heavy atom. The molecule has 0 spiro atoms. The molecule has 0 radical (unpaired) electrons. The van der Waals surface area contributed by atoms with Gasteiger partial charge < -0.3 is 9.80 Å². The van der Waals surface area contributed by atoms with E-state index in [0.29, 0.717) is 0 Å². The summed E-state index contributed by atoms with van der Waals surface area (Å²) in [5, 5.41) is 10.6. The van der Waals surface area contributed by atoms with Gasteiger partial charge in [0.15, 0.2) is 16.1 Å². The van der Waals surface area contributed by atoms with Gasteiger partial charge in [0, 0.05) is 34.1 Å². The average molecular weight is 1240 g/mol. The molecule has 0 atom stereocenters. The highest BCUT2D eigenvalue weighted by Crippen LogP contribution is 2.47. The van der Waals surface area contributed by atoms with Crippen LogP contribution < -0.4 is 67.7 Å². The number of hydrogen-bond donors (Lipinski definition) is 0. The largest absolute Gasteiger partial charge is 0.311 e. The van der Waals surface area contributed by atoms with Crippen molar-refractivity contribution in [3.05, 3.63) is 394 Å². The van der Waals surface area contributed by atoms with Crippen molar-refractivity contribution in [1.82, 2.24) is 0 Å². The van der Waals surface area contributed by atoms with Crippen LogP contribution in [0.2, 0.25) is 0 Å². The van der Waals surface area contributed by atoms with Crippen LogP contribution in [0, 0.1) is 0 Å². The minimum atomic E-state index is -3.19. The summed E-state index contributed by atoms with van der Waals surface area (Å²) in [4.78, 5) is 5.36. The molecular formula is C90H65BN2Si2. The molecule has 17 rings (SSSR count). The third-order valence-corrected chi connectivity index (χ3v) is 29.6. The molecule has 15 aromatic rings. The molecule has 0 saturated heterocycles. The van der Waals surface area contributed by atoms with Crippen LogP contribution in [-0.4, -0.2) is 22.9 Å². The highest BCUT2D eigenvalue weighted by atomic mass is 28.3. The van der Waals surface area contributed by atoms with Crippen LogP contribution in [-0.2, 0) is 0 Å². The maximum absolute atomic E-state index is 3.19. The summed E-state index contributed by atoms with van der Waals surface area (Å²) in [7, 11) is -6.38. The third-order valence-electron chi connectivity index (χ3n) is 20.0. The molecule has 2 heterocycles. The predicted molar refractivity (Wildman–Crippen MR) is 409 cm³/mol. The first-order valence-electron chi connectivity index (χ1n) is 33.0. The summed E-state index contributed by atoms with van der Waals surface area (Å²) >= 11 is 0. The van der Waals surface area contributed by atoms with E-state index in [9.17, 15) is 0 Å². The molecule has 0 fully saturated rings. The number of hydrogen-bond acceptors (Lipinski definition) is 2. The highest BCUT2D eigenvalue weighted by Gasteiger charge is 2.50. The van der Waals surface area contributed by atoms with Crippen LogP contribution in [0.3, 0.4) is 0 Å². The van der Waals surface area contributed by atoms with Gasteiger partial charge in [-0.15, -0.1) is 0 Å². The van der Waals surface area contributed by atoms with Crippen LogP contribution in [0.5, 0.6) is 0 Å². The first-order chi connectivity index (χ1) is 47.2. The molecule has 0 unspecified atom stereocenters. The zero-order valence-electron chi connectivity index (χ0n) is 52.5. The zero-order valence-corrected chi connectivity index (χ0v) is 54.5. The van der Waals surface area contributed by atoms with E-state index in [1.807, 2.05) is 0 Å².